The highest BCUT2D eigenvalue weighted by Gasteiger charge is 2.19. The van der Waals surface area contributed by atoms with Crippen molar-refractivity contribution >= 4 is 0 Å². The van der Waals surface area contributed by atoms with Crippen LogP contribution in [0.3, 0.4) is 0 Å². The largest absolute Gasteiger partial charge is 0.491 e. The Hall–Kier alpha value is -6.68. The van der Waals surface area contributed by atoms with Crippen molar-refractivity contribution in [1.82, 2.24) is 30.4 Å². The molecule has 7 rings (SSSR count). The number of benzene rings is 5. The van der Waals surface area contributed by atoms with E-state index in [9.17, 15) is 0 Å². The first kappa shape index (κ1) is 59.0. The lowest BCUT2D eigenvalue weighted by atomic mass is 10.0. The molecule has 0 saturated carbocycles. The maximum absolute atomic E-state index is 6.36. The maximum Gasteiger partial charge on any atom is 0.182 e. The third-order valence-electron chi connectivity index (χ3n) is 14.5. The Balaban J connectivity index is 1.16. The molecule has 0 aliphatic carbocycles. The summed E-state index contributed by atoms with van der Waals surface area (Å²) in [4.78, 5) is 10.5. The molecule has 5 aromatic carbocycles. The highest BCUT2D eigenvalue weighted by Crippen LogP contribution is 2.36. The first-order valence-corrected chi connectivity index (χ1v) is 29.8. The molecular formula is C68H88N6O4. The molecule has 78 heavy (non-hydrogen) atoms. The number of nitrogens with zero attached hydrogens (tertiary/aromatic N) is 6. The van der Waals surface area contributed by atoms with Crippen molar-refractivity contribution in [2.24, 2.45) is 0 Å². The molecule has 10 nitrogen and oxygen atoms in total. The fraction of sp³-hybridized carbons (Fsp3) is 0.471. The minimum Gasteiger partial charge on any atom is -0.491 e. The highest BCUT2D eigenvalue weighted by molar-refractivity contribution is 5.81. The number of rotatable bonds is 34. The molecule has 414 valence electrons. The summed E-state index contributed by atoms with van der Waals surface area (Å²) in [6.07, 6.45) is 24.2. The summed E-state index contributed by atoms with van der Waals surface area (Å²) in [5.41, 5.74) is 8.08. The fourth-order valence-electron chi connectivity index (χ4n) is 9.82. The quantitative estimate of drug-likeness (QED) is 0.0361. The number of ether oxygens (including phenoxy) is 4. The van der Waals surface area contributed by atoms with E-state index >= 15 is 0 Å². The highest BCUT2D eigenvalue weighted by atomic mass is 16.5. The molecule has 0 aliphatic rings. The number of hydrogen-bond donors (Lipinski definition) is 0. The second kappa shape index (κ2) is 31.7. The number of aromatic nitrogens is 6. The molecule has 0 amide bonds. The van der Waals surface area contributed by atoms with E-state index in [0.717, 1.165) is 93.4 Å². The van der Waals surface area contributed by atoms with Crippen molar-refractivity contribution in [3.63, 3.8) is 0 Å². The molecule has 4 atom stereocenters. The van der Waals surface area contributed by atoms with E-state index < -0.39 is 0 Å². The van der Waals surface area contributed by atoms with Crippen molar-refractivity contribution < 1.29 is 18.9 Å². The summed E-state index contributed by atoms with van der Waals surface area (Å²) in [6, 6.07) is 40.7. The minimum atomic E-state index is 0.130. The molecule has 0 saturated heterocycles. The summed E-state index contributed by atoms with van der Waals surface area (Å²) >= 11 is 0. The van der Waals surface area contributed by atoms with Gasteiger partial charge in [0, 0.05) is 33.4 Å². The van der Waals surface area contributed by atoms with Gasteiger partial charge < -0.3 is 18.9 Å². The van der Waals surface area contributed by atoms with E-state index in [4.69, 9.17) is 49.3 Å². The molecule has 2 heterocycles. The average Bonchev–Trinajstić information content (AvgIpc) is 3.54. The van der Waals surface area contributed by atoms with Crippen LogP contribution >= 0.6 is 0 Å². The third-order valence-corrected chi connectivity index (χ3v) is 14.5. The standard InChI is InChI=1S/C68H88N6O4/c1-9-13-17-21-25-49(5)75-59-41-33-53(34-42-59)63-65(55-37-45-61(46-38-55)77-51(7)27-23-19-15-11-3)71-73-67(69-63)57-29-31-58(32-30-57)68-70-64(54-35-43-60(44-36-54)76-50(6)26-22-18-14-10-2)66(72-74-68)56-39-47-62(48-40-56)78-52(8)28-24-20-16-12-4/h29-52H,9-28H2,1-8H3. The molecule has 0 N–H and O–H groups in total. The van der Waals surface area contributed by atoms with Crippen molar-refractivity contribution in [3.8, 4) is 90.8 Å². The van der Waals surface area contributed by atoms with Gasteiger partial charge in [0.05, 0.1) is 24.4 Å². The van der Waals surface area contributed by atoms with Gasteiger partial charge in [-0.2, -0.15) is 0 Å². The van der Waals surface area contributed by atoms with Gasteiger partial charge in [0.1, 0.15) is 45.8 Å². The Morgan fingerprint density at radius 3 is 0.744 bits per heavy atom. The molecule has 0 aliphatic heterocycles. The van der Waals surface area contributed by atoms with Crippen LogP contribution in [0.25, 0.3) is 67.8 Å². The van der Waals surface area contributed by atoms with Crippen LogP contribution in [0.2, 0.25) is 0 Å². The van der Waals surface area contributed by atoms with Gasteiger partial charge >= 0.3 is 0 Å². The summed E-state index contributed by atoms with van der Waals surface area (Å²) < 4.78 is 25.4. The molecule has 2 aromatic heterocycles. The van der Waals surface area contributed by atoms with Crippen LogP contribution in [0.15, 0.2) is 121 Å². The Kier molecular flexibility index (Phi) is 23.9. The molecular weight excluding hydrogens is 965 g/mol. The van der Waals surface area contributed by atoms with Crippen LogP contribution in [0.4, 0.5) is 0 Å². The van der Waals surface area contributed by atoms with E-state index in [2.05, 4.69) is 79.7 Å². The van der Waals surface area contributed by atoms with Gasteiger partial charge in [-0.25, -0.2) is 9.97 Å². The van der Waals surface area contributed by atoms with Crippen LogP contribution in [0, 0.1) is 0 Å². The van der Waals surface area contributed by atoms with Gasteiger partial charge in [0.25, 0.3) is 0 Å². The third kappa shape index (κ3) is 18.2. The monoisotopic (exact) mass is 1050 g/mol. The number of unbranched alkanes of at least 4 members (excludes halogenated alkanes) is 12. The van der Waals surface area contributed by atoms with E-state index in [0.29, 0.717) is 23.0 Å². The zero-order valence-electron chi connectivity index (χ0n) is 48.3. The van der Waals surface area contributed by atoms with E-state index in [1.54, 1.807) is 0 Å². The summed E-state index contributed by atoms with van der Waals surface area (Å²) in [7, 11) is 0. The average molecular weight is 1050 g/mol. The zero-order valence-corrected chi connectivity index (χ0v) is 48.3. The van der Waals surface area contributed by atoms with E-state index in [-0.39, 0.29) is 24.4 Å². The molecule has 0 fully saturated rings. The molecule has 0 radical (unpaired) electrons. The van der Waals surface area contributed by atoms with E-state index in [1.165, 1.54) is 103 Å². The van der Waals surface area contributed by atoms with Gasteiger partial charge in [-0.3, -0.25) is 0 Å². The lowest BCUT2D eigenvalue weighted by Crippen LogP contribution is -2.11. The minimum absolute atomic E-state index is 0.130. The van der Waals surface area contributed by atoms with Crippen molar-refractivity contribution in [1.29, 1.82) is 0 Å². The molecule has 0 bridgehead atoms. The van der Waals surface area contributed by atoms with E-state index in [1.807, 2.05) is 97.1 Å². The Bertz CT molecular complexity index is 2610. The zero-order chi connectivity index (χ0) is 54.9. The van der Waals surface area contributed by atoms with Gasteiger partial charge in [0.15, 0.2) is 11.6 Å². The summed E-state index contributed by atoms with van der Waals surface area (Å²) in [5.74, 6) is 4.36. The molecule has 0 spiro atoms. The van der Waals surface area contributed by atoms with Gasteiger partial charge in [0.2, 0.25) is 0 Å². The Labute approximate surface area is 467 Å². The van der Waals surface area contributed by atoms with Crippen molar-refractivity contribution in [2.45, 2.75) is 208 Å². The maximum atomic E-state index is 6.36. The predicted octanol–water partition coefficient (Wildman–Crippen LogP) is 19.0. The van der Waals surface area contributed by atoms with Crippen LogP contribution in [0.5, 0.6) is 23.0 Å². The van der Waals surface area contributed by atoms with Crippen LogP contribution in [-0.4, -0.2) is 54.8 Å². The first-order chi connectivity index (χ1) is 38.1. The normalized spacial score (nSPS) is 12.9. The second-order valence-electron chi connectivity index (χ2n) is 21.5. The SMILES string of the molecule is CCCCCCC(C)Oc1ccc(-c2nnc(-c3ccc(-c4nnc(-c5ccc(OC(C)CCCCCC)cc5)c(-c5ccc(OC(C)CCCCCC)cc5)n4)cc3)nc2-c2ccc(OC(C)CCCCCC)cc2)cc1. The van der Waals surface area contributed by atoms with Crippen LogP contribution in [-0.2, 0) is 0 Å². The van der Waals surface area contributed by atoms with Crippen LogP contribution < -0.4 is 18.9 Å². The van der Waals surface area contributed by atoms with Crippen molar-refractivity contribution in [3.05, 3.63) is 121 Å². The first-order valence-electron chi connectivity index (χ1n) is 29.8. The van der Waals surface area contributed by atoms with Crippen molar-refractivity contribution in [2.75, 3.05) is 0 Å². The molecule has 10 heteroatoms. The smallest absolute Gasteiger partial charge is 0.182 e. The summed E-state index contributed by atoms with van der Waals surface area (Å²) in [6.45, 7) is 17.6. The summed E-state index contributed by atoms with van der Waals surface area (Å²) in [5, 5.41) is 19.2. The Morgan fingerprint density at radius 2 is 0.500 bits per heavy atom. The topological polar surface area (TPSA) is 114 Å². The second-order valence-corrected chi connectivity index (χ2v) is 21.5. The lowest BCUT2D eigenvalue weighted by molar-refractivity contribution is 0.206. The molecule has 4 unspecified atom stereocenters. The lowest BCUT2D eigenvalue weighted by Gasteiger charge is -2.16. The van der Waals surface area contributed by atoms with Gasteiger partial charge in [-0.1, -0.05) is 129 Å². The Morgan fingerprint density at radius 1 is 0.269 bits per heavy atom. The van der Waals surface area contributed by atoms with Gasteiger partial charge in [-0.15, -0.1) is 20.4 Å². The number of hydrogen-bond acceptors (Lipinski definition) is 10. The van der Waals surface area contributed by atoms with Crippen LogP contribution in [0.1, 0.15) is 184 Å². The van der Waals surface area contributed by atoms with Gasteiger partial charge in [-0.05, 0) is 176 Å². The predicted molar refractivity (Wildman–Crippen MR) is 321 cm³/mol. The molecule has 7 aromatic rings. The fourth-order valence-corrected chi connectivity index (χ4v) is 9.82.